The van der Waals surface area contributed by atoms with Crippen LogP contribution in [0.5, 0.6) is 0 Å². The summed E-state index contributed by atoms with van der Waals surface area (Å²) in [4.78, 5) is 32.8. The molecule has 0 aliphatic carbocycles. The predicted octanol–water partition coefficient (Wildman–Crippen LogP) is 3.62. The summed E-state index contributed by atoms with van der Waals surface area (Å²) in [5.74, 6) is 0.418. The van der Waals surface area contributed by atoms with Crippen LogP contribution in [-0.4, -0.2) is 45.9 Å². The first kappa shape index (κ1) is 19.8. The highest BCUT2D eigenvalue weighted by Gasteiger charge is 2.43. The number of para-hydroxylation sites is 2. The molecule has 0 bridgehead atoms. The summed E-state index contributed by atoms with van der Waals surface area (Å²) in [7, 11) is 0. The molecule has 7 nitrogen and oxygen atoms in total. The molecule has 2 N–H and O–H groups in total. The molecule has 0 spiro atoms. The van der Waals surface area contributed by atoms with E-state index in [-0.39, 0.29) is 35.9 Å². The zero-order chi connectivity index (χ0) is 21.9. The summed E-state index contributed by atoms with van der Waals surface area (Å²) >= 11 is 0. The summed E-state index contributed by atoms with van der Waals surface area (Å²) in [6.45, 7) is 9.00. The number of nitrogens with one attached hydrogen (secondary N) is 2. The van der Waals surface area contributed by atoms with Crippen LogP contribution in [0.2, 0.25) is 0 Å². The van der Waals surface area contributed by atoms with Gasteiger partial charge in [-0.25, -0.2) is 4.98 Å². The Morgan fingerprint density at radius 1 is 1.19 bits per heavy atom. The number of fused-ring (bicyclic) bond motifs is 4. The molecule has 0 radical (unpaired) electrons. The molecule has 1 saturated heterocycles. The number of rotatable bonds is 3. The highest BCUT2D eigenvalue weighted by Crippen LogP contribution is 2.37. The number of ketones is 1. The molecule has 0 saturated carbocycles. The number of Topliss-reactive ketones (excluding diaryl/α,β-unsaturated/α-hetero) is 1. The summed E-state index contributed by atoms with van der Waals surface area (Å²) in [6, 6.07) is 13.6. The Kier molecular flexibility index (Phi) is 4.59. The third kappa shape index (κ3) is 3.03. The topological polar surface area (TPSA) is 79.3 Å². The molecule has 2 aliphatic heterocycles. The maximum absolute atomic E-state index is 13.2. The van der Waals surface area contributed by atoms with Crippen molar-refractivity contribution in [3.63, 3.8) is 0 Å². The van der Waals surface area contributed by atoms with E-state index < -0.39 is 0 Å². The highest BCUT2D eigenvalue weighted by atomic mass is 16.2. The molecule has 5 rings (SSSR count). The van der Waals surface area contributed by atoms with Gasteiger partial charge in [-0.15, -0.1) is 0 Å². The Bertz CT molecular complexity index is 1200. The van der Waals surface area contributed by atoms with Gasteiger partial charge in [-0.3, -0.25) is 14.9 Å². The third-order valence-corrected chi connectivity index (χ3v) is 6.58. The molecular weight excluding hydrogens is 390 g/mol. The average molecular weight is 418 g/mol. The maximum atomic E-state index is 13.2. The number of hydrogen-bond donors (Lipinski definition) is 2. The van der Waals surface area contributed by atoms with E-state index in [2.05, 4.69) is 48.2 Å². The van der Waals surface area contributed by atoms with Gasteiger partial charge in [-0.05, 0) is 58.0 Å². The summed E-state index contributed by atoms with van der Waals surface area (Å²) in [6.07, 6.45) is 0. The number of carbonyl (C=O) groups excluding carboxylic acids is 2. The molecule has 3 aromatic rings. The van der Waals surface area contributed by atoms with Crippen molar-refractivity contribution >= 4 is 34.4 Å². The molecular formula is C24H27N5O2. The van der Waals surface area contributed by atoms with Gasteiger partial charge in [0.2, 0.25) is 5.95 Å². The first-order valence-electron chi connectivity index (χ1n) is 10.8. The second-order valence-electron chi connectivity index (χ2n) is 8.80. The monoisotopic (exact) mass is 417 g/mol. The number of imidazole rings is 1. The lowest BCUT2D eigenvalue weighted by atomic mass is 10.0. The van der Waals surface area contributed by atoms with Crippen LogP contribution in [0.3, 0.4) is 0 Å². The van der Waals surface area contributed by atoms with Crippen molar-refractivity contribution in [1.82, 2.24) is 14.9 Å². The Morgan fingerprint density at radius 2 is 1.97 bits per heavy atom. The normalized spacial score (nSPS) is 22.7. The lowest BCUT2D eigenvalue weighted by molar-refractivity contribution is 0.0954. The number of carbonyl (C=O) groups is 2. The van der Waals surface area contributed by atoms with E-state index in [1.807, 2.05) is 34.9 Å². The molecule has 3 heterocycles. The van der Waals surface area contributed by atoms with E-state index in [0.29, 0.717) is 23.6 Å². The second kappa shape index (κ2) is 7.20. The van der Waals surface area contributed by atoms with Gasteiger partial charge in [0.1, 0.15) is 6.04 Å². The van der Waals surface area contributed by atoms with Crippen LogP contribution in [-0.2, 0) is 0 Å². The van der Waals surface area contributed by atoms with E-state index >= 15 is 0 Å². The van der Waals surface area contributed by atoms with Crippen LogP contribution in [0.1, 0.15) is 54.5 Å². The Hall–Kier alpha value is -3.19. The van der Waals surface area contributed by atoms with Gasteiger partial charge in [0.05, 0.1) is 11.0 Å². The molecule has 1 aromatic heterocycles. The minimum absolute atomic E-state index is 0.120. The first-order chi connectivity index (χ1) is 14.9. The van der Waals surface area contributed by atoms with Crippen molar-refractivity contribution in [3.8, 4) is 0 Å². The van der Waals surface area contributed by atoms with Gasteiger partial charge in [-0.2, -0.15) is 0 Å². The fourth-order valence-electron chi connectivity index (χ4n) is 4.80. The lowest BCUT2D eigenvalue weighted by Gasteiger charge is -2.41. The smallest absolute Gasteiger partial charge is 0.258 e. The largest absolute Gasteiger partial charge is 0.355 e. The van der Waals surface area contributed by atoms with Crippen LogP contribution < -0.4 is 15.5 Å². The number of anilines is 2. The SMILES string of the molecule is CC1[C@@H](C)NC[C@@H]2C(=O)c3ccc(C(=O)Nc4nc5ccccc5n4C(C)C)cc3N12. The van der Waals surface area contributed by atoms with Crippen molar-refractivity contribution in [2.45, 2.75) is 51.9 Å². The van der Waals surface area contributed by atoms with E-state index in [1.54, 1.807) is 12.1 Å². The van der Waals surface area contributed by atoms with E-state index in [1.165, 1.54) is 0 Å². The van der Waals surface area contributed by atoms with E-state index in [0.717, 1.165) is 16.7 Å². The van der Waals surface area contributed by atoms with Crippen LogP contribution in [0.25, 0.3) is 11.0 Å². The van der Waals surface area contributed by atoms with Crippen molar-refractivity contribution in [2.75, 3.05) is 16.8 Å². The fraction of sp³-hybridized carbons (Fsp3) is 0.375. The Labute approximate surface area is 181 Å². The van der Waals surface area contributed by atoms with E-state index in [9.17, 15) is 9.59 Å². The van der Waals surface area contributed by atoms with Gasteiger partial charge < -0.3 is 14.8 Å². The van der Waals surface area contributed by atoms with Crippen LogP contribution in [0.4, 0.5) is 11.6 Å². The Morgan fingerprint density at radius 3 is 2.74 bits per heavy atom. The lowest BCUT2D eigenvalue weighted by Crippen LogP contribution is -2.60. The number of benzene rings is 2. The standard InChI is InChI=1S/C24H27N5O2/c1-13(2)28-19-8-6-5-7-18(19)26-24(28)27-23(31)16-9-10-17-20(11-16)29-15(4)14(3)25-12-21(29)22(17)30/h5-11,13-15,21,25H,12H2,1-4H3,(H,26,27,31)/t14-,15?,21-/m1/s1. The molecule has 1 amide bonds. The molecule has 7 heteroatoms. The molecule has 2 aromatic carbocycles. The number of amides is 1. The fourth-order valence-corrected chi connectivity index (χ4v) is 4.80. The number of aromatic nitrogens is 2. The maximum Gasteiger partial charge on any atom is 0.258 e. The molecule has 1 unspecified atom stereocenters. The molecule has 31 heavy (non-hydrogen) atoms. The van der Waals surface area contributed by atoms with Crippen molar-refractivity contribution in [2.24, 2.45) is 0 Å². The first-order valence-corrected chi connectivity index (χ1v) is 10.8. The minimum Gasteiger partial charge on any atom is -0.355 e. The number of piperazine rings is 1. The van der Waals surface area contributed by atoms with Gasteiger partial charge >= 0.3 is 0 Å². The van der Waals surface area contributed by atoms with Crippen molar-refractivity contribution in [3.05, 3.63) is 53.6 Å². The highest BCUT2D eigenvalue weighted by molar-refractivity contribution is 6.13. The number of hydrogen-bond acceptors (Lipinski definition) is 5. The predicted molar refractivity (Wildman–Crippen MR) is 122 cm³/mol. The van der Waals surface area contributed by atoms with Gasteiger partial charge in [0.15, 0.2) is 5.78 Å². The van der Waals surface area contributed by atoms with Gasteiger partial charge in [0, 0.05) is 41.5 Å². The quantitative estimate of drug-likeness (QED) is 0.681. The summed E-state index contributed by atoms with van der Waals surface area (Å²) < 4.78 is 2.03. The minimum atomic E-state index is -0.230. The van der Waals surface area contributed by atoms with Crippen LogP contribution in [0, 0.1) is 0 Å². The molecule has 160 valence electrons. The third-order valence-electron chi connectivity index (χ3n) is 6.58. The van der Waals surface area contributed by atoms with Crippen LogP contribution >= 0.6 is 0 Å². The molecule has 2 aliphatic rings. The van der Waals surface area contributed by atoms with E-state index in [4.69, 9.17) is 0 Å². The summed E-state index contributed by atoms with van der Waals surface area (Å²) in [5, 5.41) is 6.40. The van der Waals surface area contributed by atoms with Gasteiger partial charge in [0.25, 0.3) is 5.91 Å². The van der Waals surface area contributed by atoms with Gasteiger partial charge in [-0.1, -0.05) is 12.1 Å². The molecule has 3 atom stereocenters. The van der Waals surface area contributed by atoms with Crippen molar-refractivity contribution in [1.29, 1.82) is 0 Å². The zero-order valence-corrected chi connectivity index (χ0v) is 18.2. The van der Waals surface area contributed by atoms with Crippen LogP contribution in [0.15, 0.2) is 42.5 Å². The number of nitrogens with zero attached hydrogens (tertiary/aromatic N) is 3. The second-order valence-corrected chi connectivity index (χ2v) is 8.80. The zero-order valence-electron chi connectivity index (χ0n) is 18.2. The molecule has 1 fully saturated rings. The summed E-state index contributed by atoms with van der Waals surface area (Å²) in [5.41, 5.74) is 3.89. The van der Waals surface area contributed by atoms with Crippen molar-refractivity contribution < 1.29 is 9.59 Å². The Balaban J connectivity index is 1.49. The average Bonchev–Trinajstić information content (AvgIpc) is 3.25.